The molecule has 0 aliphatic carbocycles. The number of halogens is 1. The largest absolute Gasteiger partial charge is 0.325 e. The summed E-state index contributed by atoms with van der Waals surface area (Å²) < 4.78 is 1.03. The number of nitrogens with zero attached hydrogens (tertiary/aromatic N) is 2. The van der Waals surface area contributed by atoms with Gasteiger partial charge in [-0.2, -0.15) is 5.26 Å². The minimum atomic E-state index is -0.280. The fourth-order valence-electron chi connectivity index (χ4n) is 2.11. The van der Waals surface area contributed by atoms with Crippen LogP contribution in [-0.4, -0.2) is 23.9 Å². The van der Waals surface area contributed by atoms with Gasteiger partial charge < -0.3 is 5.32 Å². The van der Waals surface area contributed by atoms with Crippen molar-refractivity contribution in [2.24, 2.45) is 0 Å². The van der Waals surface area contributed by atoms with Crippen molar-refractivity contribution in [3.63, 3.8) is 0 Å². The average Bonchev–Trinajstić information content (AvgIpc) is 2.56. The van der Waals surface area contributed by atoms with Crippen LogP contribution in [0.1, 0.15) is 18.1 Å². The molecule has 2 aromatic carbocycles. The van der Waals surface area contributed by atoms with Crippen LogP contribution in [0, 0.1) is 11.3 Å². The van der Waals surface area contributed by atoms with Crippen LogP contribution >= 0.6 is 15.9 Å². The molecule has 0 fully saturated rings. The minimum absolute atomic E-state index is 0.0794. The average molecular weight is 372 g/mol. The van der Waals surface area contributed by atoms with Crippen LogP contribution in [0.3, 0.4) is 0 Å². The van der Waals surface area contributed by atoms with E-state index in [9.17, 15) is 4.79 Å². The van der Waals surface area contributed by atoms with E-state index < -0.39 is 0 Å². The topological polar surface area (TPSA) is 56.1 Å². The fraction of sp³-hybridized carbons (Fsp3) is 0.222. The maximum Gasteiger partial charge on any atom is 0.241 e. The summed E-state index contributed by atoms with van der Waals surface area (Å²) in [6.07, 6.45) is 0. The van der Waals surface area contributed by atoms with Crippen LogP contribution in [0.2, 0.25) is 0 Å². The van der Waals surface area contributed by atoms with Gasteiger partial charge in [0.2, 0.25) is 5.91 Å². The molecule has 4 nitrogen and oxygen atoms in total. The van der Waals surface area contributed by atoms with Crippen molar-refractivity contribution in [1.29, 1.82) is 5.26 Å². The number of nitrogens with one attached hydrogen (secondary N) is 1. The molecule has 0 bridgehead atoms. The molecule has 2 aromatic rings. The Bertz CT molecular complexity index is 722. The monoisotopic (exact) mass is 371 g/mol. The molecule has 0 aromatic heterocycles. The fourth-order valence-corrected chi connectivity index (χ4v) is 2.52. The van der Waals surface area contributed by atoms with Gasteiger partial charge in [-0.3, -0.25) is 9.69 Å². The van der Waals surface area contributed by atoms with E-state index in [1.807, 2.05) is 43.1 Å². The van der Waals surface area contributed by atoms with E-state index in [1.165, 1.54) is 0 Å². The number of carbonyl (C=O) groups excluding carboxylic acids is 1. The molecule has 1 atom stereocenters. The number of hydrogen-bond acceptors (Lipinski definition) is 3. The highest BCUT2D eigenvalue weighted by Gasteiger charge is 2.18. The minimum Gasteiger partial charge on any atom is -0.325 e. The third-order valence-corrected chi connectivity index (χ3v) is 4.47. The van der Waals surface area contributed by atoms with E-state index in [4.69, 9.17) is 5.26 Å². The molecular formula is C18H18BrN3O. The van der Waals surface area contributed by atoms with Gasteiger partial charge in [-0.15, -0.1) is 0 Å². The van der Waals surface area contributed by atoms with Crippen LogP contribution in [0.25, 0.3) is 0 Å². The van der Waals surface area contributed by atoms with Crippen molar-refractivity contribution in [3.8, 4) is 6.07 Å². The predicted octanol–water partition coefficient (Wildman–Crippen LogP) is 3.78. The van der Waals surface area contributed by atoms with E-state index in [0.717, 1.165) is 10.0 Å². The molecule has 0 aliphatic heterocycles. The Morgan fingerprint density at radius 1 is 1.26 bits per heavy atom. The van der Waals surface area contributed by atoms with Crippen molar-refractivity contribution >= 4 is 27.5 Å². The number of nitriles is 1. The van der Waals surface area contributed by atoms with Crippen LogP contribution in [0.4, 0.5) is 5.69 Å². The van der Waals surface area contributed by atoms with Gasteiger partial charge in [-0.05, 0) is 49.9 Å². The van der Waals surface area contributed by atoms with Gasteiger partial charge in [0, 0.05) is 16.7 Å². The molecule has 0 radical (unpaired) electrons. The molecule has 1 amide bonds. The Morgan fingerprint density at radius 2 is 1.91 bits per heavy atom. The third-order valence-electron chi connectivity index (χ3n) is 3.70. The quantitative estimate of drug-likeness (QED) is 0.869. The Labute approximate surface area is 144 Å². The normalized spacial score (nSPS) is 11.8. The Balaban J connectivity index is 1.98. The first-order valence-corrected chi connectivity index (χ1v) is 8.05. The highest BCUT2D eigenvalue weighted by Crippen LogP contribution is 2.18. The van der Waals surface area contributed by atoms with Gasteiger partial charge in [0.05, 0.1) is 17.7 Å². The summed E-state index contributed by atoms with van der Waals surface area (Å²) in [7, 11) is 1.92. The summed E-state index contributed by atoms with van der Waals surface area (Å²) in [6.45, 7) is 2.54. The zero-order valence-electron chi connectivity index (χ0n) is 13.1. The SMILES string of the molecule is C[C@H](C(=O)Nc1ccc(C#N)cc1)N(C)Cc1ccccc1Br. The summed E-state index contributed by atoms with van der Waals surface area (Å²) in [5, 5.41) is 11.7. The first-order chi connectivity index (χ1) is 11.0. The molecule has 0 spiro atoms. The predicted molar refractivity (Wildman–Crippen MR) is 94.9 cm³/mol. The van der Waals surface area contributed by atoms with Crippen molar-refractivity contribution in [1.82, 2.24) is 4.90 Å². The van der Waals surface area contributed by atoms with Crippen molar-refractivity contribution in [2.45, 2.75) is 19.5 Å². The maximum absolute atomic E-state index is 12.4. The summed E-state index contributed by atoms with van der Waals surface area (Å²) in [5.41, 5.74) is 2.39. The lowest BCUT2D eigenvalue weighted by Crippen LogP contribution is -2.39. The third kappa shape index (κ3) is 4.65. The Hall–Kier alpha value is -2.16. The number of amides is 1. The molecule has 0 aliphatic rings. The number of carbonyl (C=O) groups is 1. The highest BCUT2D eigenvalue weighted by molar-refractivity contribution is 9.10. The molecule has 0 saturated heterocycles. The number of hydrogen-bond donors (Lipinski definition) is 1. The van der Waals surface area contributed by atoms with Gasteiger partial charge in [0.15, 0.2) is 0 Å². The van der Waals surface area contributed by atoms with E-state index in [1.54, 1.807) is 24.3 Å². The first kappa shape index (κ1) is 17.2. The Kier molecular flexibility index (Phi) is 5.91. The lowest BCUT2D eigenvalue weighted by Gasteiger charge is -2.24. The van der Waals surface area contributed by atoms with Crippen LogP contribution in [0.15, 0.2) is 53.0 Å². The van der Waals surface area contributed by atoms with Gasteiger partial charge in [0.25, 0.3) is 0 Å². The second kappa shape index (κ2) is 7.91. The van der Waals surface area contributed by atoms with Gasteiger partial charge in [-0.1, -0.05) is 34.1 Å². The Morgan fingerprint density at radius 3 is 2.52 bits per heavy atom. The van der Waals surface area contributed by atoms with Crippen molar-refractivity contribution < 1.29 is 4.79 Å². The molecule has 5 heteroatoms. The standard InChI is InChI=1S/C18H18BrN3O/c1-13(22(2)12-15-5-3-4-6-17(15)19)18(23)21-16-9-7-14(11-20)8-10-16/h3-10,13H,12H2,1-2H3,(H,21,23)/t13-/m1/s1. The van der Waals surface area contributed by atoms with E-state index in [-0.39, 0.29) is 11.9 Å². The second-order valence-electron chi connectivity index (χ2n) is 5.36. The lowest BCUT2D eigenvalue weighted by molar-refractivity contribution is -0.120. The van der Waals surface area contributed by atoms with E-state index >= 15 is 0 Å². The van der Waals surface area contributed by atoms with Crippen LogP contribution < -0.4 is 5.32 Å². The van der Waals surface area contributed by atoms with Crippen molar-refractivity contribution in [2.75, 3.05) is 12.4 Å². The summed E-state index contributed by atoms with van der Waals surface area (Å²) in [5.74, 6) is -0.0794. The molecule has 0 saturated carbocycles. The molecule has 0 heterocycles. The van der Waals surface area contributed by atoms with Gasteiger partial charge >= 0.3 is 0 Å². The highest BCUT2D eigenvalue weighted by atomic mass is 79.9. The smallest absolute Gasteiger partial charge is 0.241 e. The summed E-state index contributed by atoms with van der Waals surface area (Å²) in [4.78, 5) is 14.3. The van der Waals surface area contributed by atoms with Crippen LogP contribution in [0.5, 0.6) is 0 Å². The van der Waals surface area contributed by atoms with E-state index in [2.05, 4.69) is 27.3 Å². The number of likely N-dealkylation sites (N-methyl/N-ethyl adjacent to an activating group) is 1. The molecule has 23 heavy (non-hydrogen) atoms. The number of benzene rings is 2. The van der Waals surface area contributed by atoms with Crippen LogP contribution in [-0.2, 0) is 11.3 Å². The van der Waals surface area contributed by atoms with Gasteiger partial charge in [-0.25, -0.2) is 0 Å². The molecule has 0 unspecified atom stereocenters. The lowest BCUT2D eigenvalue weighted by atomic mass is 10.1. The van der Waals surface area contributed by atoms with Gasteiger partial charge in [0.1, 0.15) is 0 Å². The van der Waals surface area contributed by atoms with E-state index in [0.29, 0.717) is 17.8 Å². The maximum atomic E-state index is 12.4. The molecular weight excluding hydrogens is 354 g/mol. The second-order valence-corrected chi connectivity index (χ2v) is 6.22. The summed E-state index contributed by atoms with van der Waals surface area (Å²) >= 11 is 3.52. The molecule has 2 rings (SSSR count). The molecule has 1 N–H and O–H groups in total. The zero-order chi connectivity index (χ0) is 16.8. The van der Waals surface area contributed by atoms with Crippen molar-refractivity contribution in [3.05, 3.63) is 64.1 Å². The molecule has 118 valence electrons. The number of rotatable bonds is 5. The first-order valence-electron chi connectivity index (χ1n) is 7.26. The summed E-state index contributed by atoms with van der Waals surface area (Å²) in [6, 6.07) is 16.6. The number of anilines is 1. The zero-order valence-corrected chi connectivity index (χ0v) is 14.7.